The van der Waals surface area contributed by atoms with Crippen molar-refractivity contribution in [2.24, 2.45) is 0 Å². The molecule has 1 N–H and O–H groups in total. The maximum Gasteiger partial charge on any atom is 0.247 e. The van der Waals surface area contributed by atoms with Crippen LogP contribution in [0.1, 0.15) is 11.1 Å². The number of para-hydroxylation sites is 1. The lowest BCUT2D eigenvalue weighted by molar-refractivity contribution is 0.744. The molecule has 1 heterocycles. The van der Waals surface area contributed by atoms with Crippen molar-refractivity contribution in [3.63, 3.8) is 0 Å². The summed E-state index contributed by atoms with van der Waals surface area (Å²) in [5.41, 5.74) is 3.78. The largest absolute Gasteiger partial charge is 0.349 e. The summed E-state index contributed by atoms with van der Waals surface area (Å²) in [4.78, 5) is 0. The number of benzene rings is 2. The lowest BCUT2D eigenvalue weighted by atomic mass is 10.1. The summed E-state index contributed by atoms with van der Waals surface area (Å²) in [6.45, 7) is 0. The summed E-state index contributed by atoms with van der Waals surface area (Å²) in [7, 11) is 0. The number of anilines is 1. The Labute approximate surface area is 122 Å². The van der Waals surface area contributed by atoms with Crippen LogP contribution in [0, 0.1) is 0 Å². The molecule has 1 aromatic heterocycles. The monoisotopic (exact) mass is 277 g/mol. The molecule has 0 amide bonds. The van der Waals surface area contributed by atoms with Crippen LogP contribution in [0.2, 0.25) is 0 Å². The molecule has 5 nitrogen and oxygen atoms in total. The molecule has 1 aliphatic rings. The zero-order valence-electron chi connectivity index (χ0n) is 11.5. The average molecular weight is 277 g/mol. The third-order valence-electron chi connectivity index (χ3n) is 3.85. The van der Waals surface area contributed by atoms with E-state index >= 15 is 0 Å². The van der Waals surface area contributed by atoms with E-state index in [4.69, 9.17) is 0 Å². The Hall–Kier alpha value is -2.69. The summed E-state index contributed by atoms with van der Waals surface area (Å²) < 4.78 is 1.74. The van der Waals surface area contributed by atoms with Crippen LogP contribution >= 0.6 is 0 Å². The van der Waals surface area contributed by atoms with E-state index in [0.717, 1.165) is 18.5 Å². The summed E-state index contributed by atoms with van der Waals surface area (Å²) in [5.74, 6) is 0.694. The van der Waals surface area contributed by atoms with Gasteiger partial charge in [-0.2, -0.15) is 4.68 Å². The van der Waals surface area contributed by atoms with Crippen LogP contribution in [0.5, 0.6) is 0 Å². The van der Waals surface area contributed by atoms with Crippen LogP contribution in [0.25, 0.3) is 5.69 Å². The van der Waals surface area contributed by atoms with Crippen molar-refractivity contribution < 1.29 is 0 Å². The van der Waals surface area contributed by atoms with E-state index in [1.807, 2.05) is 30.3 Å². The van der Waals surface area contributed by atoms with Crippen molar-refractivity contribution >= 4 is 5.95 Å². The fourth-order valence-electron chi connectivity index (χ4n) is 2.86. The predicted octanol–water partition coefficient (Wildman–Crippen LogP) is 2.24. The lowest BCUT2D eigenvalue weighted by Gasteiger charge is -2.12. The molecular weight excluding hydrogens is 262 g/mol. The molecule has 0 atom stereocenters. The van der Waals surface area contributed by atoms with Crippen molar-refractivity contribution in [1.29, 1.82) is 0 Å². The first kappa shape index (κ1) is 12.1. The van der Waals surface area contributed by atoms with Gasteiger partial charge in [-0.1, -0.05) is 47.6 Å². The number of rotatable bonds is 3. The van der Waals surface area contributed by atoms with Gasteiger partial charge in [-0.25, -0.2) is 0 Å². The van der Waals surface area contributed by atoms with Gasteiger partial charge in [0.05, 0.1) is 5.69 Å². The maximum atomic E-state index is 4.11. The minimum Gasteiger partial charge on any atom is -0.349 e. The molecule has 5 heteroatoms. The average Bonchev–Trinajstić information content (AvgIpc) is 3.14. The molecule has 0 spiro atoms. The number of nitrogens with one attached hydrogen (secondary N) is 1. The molecule has 0 fully saturated rings. The third-order valence-corrected chi connectivity index (χ3v) is 3.85. The second-order valence-electron chi connectivity index (χ2n) is 5.27. The predicted molar refractivity (Wildman–Crippen MR) is 80.4 cm³/mol. The topological polar surface area (TPSA) is 55.6 Å². The highest BCUT2D eigenvalue weighted by Gasteiger charge is 2.22. The van der Waals surface area contributed by atoms with Gasteiger partial charge in [0.25, 0.3) is 0 Å². The highest BCUT2D eigenvalue weighted by Crippen LogP contribution is 2.24. The maximum absolute atomic E-state index is 4.11. The van der Waals surface area contributed by atoms with Crippen LogP contribution < -0.4 is 5.32 Å². The van der Waals surface area contributed by atoms with Crippen LogP contribution in [0.4, 0.5) is 5.95 Å². The summed E-state index contributed by atoms with van der Waals surface area (Å²) in [5, 5.41) is 15.4. The summed E-state index contributed by atoms with van der Waals surface area (Å²) in [6, 6.07) is 18.8. The van der Waals surface area contributed by atoms with Gasteiger partial charge in [-0.3, -0.25) is 0 Å². The van der Waals surface area contributed by atoms with Crippen LogP contribution in [0.15, 0.2) is 54.6 Å². The van der Waals surface area contributed by atoms with Gasteiger partial charge in [0.1, 0.15) is 0 Å². The van der Waals surface area contributed by atoms with Crippen LogP contribution in [-0.2, 0) is 12.8 Å². The van der Waals surface area contributed by atoms with Gasteiger partial charge in [0, 0.05) is 6.04 Å². The van der Waals surface area contributed by atoms with Crippen LogP contribution in [-0.4, -0.2) is 26.2 Å². The van der Waals surface area contributed by atoms with E-state index in [1.54, 1.807) is 4.68 Å². The van der Waals surface area contributed by atoms with E-state index in [9.17, 15) is 0 Å². The Morgan fingerprint density at radius 3 is 2.29 bits per heavy atom. The van der Waals surface area contributed by atoms with Crippen molar-refractivity contribution in [3.05, 3.63) is 65.7 Å². The first-order valence-electron chi connectivity index (χ1n) is 7.07. The second-order valence-corrected chi connectivity index (χ2v) is 5.27. The van der Waals surface area contributed by atoms with E-state index in [0.29, 0.717) is 12.0 Å². The number of fused-ring (bicyclic) bond motifs is 1. The molecule has 21 heavy (non-hydrogen) atoms. The fourth-order valence-corrected chi connectivity index (χ4v) is 2.86. The van der Waals surface area contributed by atoms with Gasteiger partial charge >= 0.3 is 0 Å². The van der Waals surface area contributed by atoms with Crippen LogP contribution in [0.3, 0.4) is 0 Å². The van der Waals surface area contributed by atoms with Gasteiger partial charge < -0.3 is 5.32 Å². The Kier molecular flexibility index (Phi) is 2.88. The van der Waals surface area contributed by atoms with E-state index in [1.165, 1.54) is 11.1 Å². The smallest absolute Gasteiger partial charge is 0.247 e. The molecule has 2 aromatic carbocycles. The standard InChI is InChI=1S/C16H15N5/c1-2-8-15(9-3-1)21-16(18-19-20-21)17-14-10-12-6-4-5-7-13(12)11-14/h1-9,14H,10-11H2,(H,17,18,20). The minimum absolute atomic E-state index is 0.343. The molecule has 1 aliphatic carbocycles. The minimum atomic E-state index is 0.343. The SMILES string of the molecule is c1ccc(-n2nnnc2NC2Cc3ccccc3C2)cc1. The molecule has 0 saturated carbocycles. The quantitative estimate of drug-likeness (QED) is 0.797. The molecule has 0 saturated heterocycles. The van der Waals surface area contributed by atoms with Gasteiger partial charge in [0.2, 0.25) is 5.95 Å². The van der Waals surface area contributed by atoms with Crippen molar-refractivity contribution in [2.75, 3.05) is 5.32 Å². The Balaban J connectivity index is 1.56. The Morgan fingerprint density at radius 2 is 1.57 bits per heavy atom. The number of nitrogens with zero attached hydrogens (tertiary/aromatic N) is 4. The van der Waals surface area contributed by atoms with Gasteiger partial charge in [-0.15, -0.1) is 0 Å². The number of hydrogen-bond acceptors (Lipinski definition) is 4. The van der Waals surface area contributed by atoms with E-state index in [-0.39, 0.29) is 0 Å². The van der Waals surface area contributed by atoms with Gasteiger partial charge in [0.15, 0.2) is 0 Å². The van der Waals surface area contributed by atoms with Crippen molar-refractivity contribution in [2.45, 2.75) is 18.9 Å². The zero-order chi connectivity index (χ0) is 14.1. The summed E-state index contributed by atoms with van der Waals surface area (Å²) in [6.07, 6.45) is 2.02. The first-order chi connectivity index (χ1) is 10.4. The Morgan fingerprint density at radius 1 is 0.905 bits per heavy atom. The number of tetrazole rings is 1. The molecule has 0 unspecified atom stereocenters. The highest BCUT2D eigenvalue weighted by atomic mass is 15.6. The van der Waals surface area contributed by atoms with Crippen molar-refractivity contribution in [3.8, 4) is 5.69 Å². The summed E-state index contributed by atoms with van der Waals surface area (Å²) >= 11 is 0. The highest BCUT2D eigenvalue weighted by molar-refractivity contribution is 5.42. The van der Waals surface area contributed by atoms with Gasteiger partial charge in [-0.05, 0) is 46.5 Å². The van der Waals surface area contributed by atoms with E-state index in [2.05, 4.69) is 45.1 Å². The molecule has 0 bridgehead atoms. The molecule has 3 aromatic rings. The number of aromatic nitrogens is 4. The molecule has 0 aliphatic heterocycles. The molecule has 104 valence electrons. The molecule has 4 rings (SSSR count). The lowest BCUT2D eigenvalue weighted by Crippen LogP contribution is -2.22. The Bertz CT molecular complexity index is 725. The zero-order valence-corrected chi connectivity index (χ0v) is 11.5. The number of hydrogen-bond donors (Lipinski definition) is 1. The normalized spacial score (nSPS) is 14.1. The first-order valence-corrected chi connectivity index (χ1v) is 7.07. The van der Waals surface area contributed by atoms with E-state index < -0.39 is 0 Å². The second kappa shape index (κ2) is 5.01. The molecule has 0 radical (unpaired) electrons. The van der Waals surface area contributed by atoms with Crippen molar-refractivity contribution in [1.82, 2.24) is 20.2 Å². The molecular formula is C16H15N5. The fraction of sp³-hybridized carbons (Fsp3) is 0.188. The third kappa shape index (κ3) is 2.27.